The monoisotopic (exact) mass is 254 g/mol. The molecule has 1 unspecified atom stereocenters. The van der Waals surface area contributed by atoms with Crippen LogP contribution in [0.2, 0.25) is 0 Å². The highest BCUT2D eigenvalue weighted by molar-refractivity contribution is 5.93. The van der Waals surface area contributed by atoms with Gasteiger partial charge in [0.1, 0.15) is 5.75 Å². The molecule has 0 aromatic heterocycles. The number of nitrogens with one attached hydrogen (secondary N) is 2. The topological polar surface area (TPSA) is 50.4 Å². The number of hydrogen-bond donors (Lipinski definition) is 2. The second kappa shape index (κ2) is 4.65. The molecule has 3 rings (SSSR count). The van der Waals surface area contributed by atoms with E-state index in [0.29, 0.717) is 0 Å². The summed E-state index contributed by atoms with van der Waals surface area (Å²) in [6.07, 6.45) is 0. The zero-order valence-electron chi connectivity index (χ0n) is 10.5. The molecule has 2 amide bonds. The van der Waals surface area contributed by atoms with Gasteiger partial charge in [-0.15, -0.1) is 0 Å². The molecule has 4 heteroatoms. The number of urea groups is 1. The van der Waals surface area contributed by atoms with Gasteiger partial charge in [0.15, 0.2) is 0 Å². The standard InChI is InChI=1S/C15H14N2O2/c1-19-11-7-8-12-13(9-11)16-15(18)17-14(12)10-5-3-2-4-6-10/h2-9,14H,1H3,(H2,16,17,18). The number of benzene rings is 2. The predicted octanol–water partition coefficient (Wildman–Crippen LogP) is 2.92. The van der Waals surface area contributed by atoms with Crippen LogP contribution in [0.1, 0.15) is 17.2 Å². The van der Waals surface area contributed by atoms with Crippen molar-refractivity contribution in [1.29, 1.82) is 0 Å². The average Bonchev–Trinajstić information content (AvgIpc) is 2.46. The van der Waals surface area contributed by atoms with Gasteiger partial charge in [0.05, 0.1) is 18.8 Å². The van der Waals surface area contributed by atoms with E-state index in [1.54, 1.807) is 7.11 Å². The Kier molecular flexibility index (Phi) is 2.83. The van der Waals surface area contributed by atoms with E-state index in [-0.39, 0.29) is 12.1 Å². The van der Waals surface area contributed by atoms with Gasteiger partial charge in [-0.1, -0.05) is 36.4 Å². The Morgan fingerprint density at radius 3 is 2.63 bits per heavy atom. The van der Waals surface area contributed by atoms with Crippen molar-refractivity contribution < 1.29 is 9.53 Å². The van der Waals surface area contributed by atoms with Crippen LogP contribution >= 0.6 is 0 Å². The summed E-state index contributed by atoms with van der Waals surface area (Å²) in [6.45, 7) is 0. The van der Waals surface area contributed by atoms with Crippen LogP contribution in [-0.4, -0.2) is 13.1 Å². The number of ether oxygens (including phenoxy) is 1. The fourth-order valence-electron chi connectivity index (χ4n) is 2.30. The lowest BCUT2D eigenvalue weighted by atomic mass is 9.95. The van der Waals surface area contributed by atoms with Gasteiger partial charge in [-0.3, -0.25) is 0 Å². The molecule has 1 atom stereocenters. The zero-order chi connectivity index (χ0) is 13.2. The largest absolute Gasteiger partial charge is 0.497 e. The van der Waals surface area contributed by atoms with Crippen LogP contribution in [0.5, 0.6) is 5.75 Å². The Hall–Kier alpha value is -2.49. The molecular formula is C15H14N2O2. The van der Waals surface area contributed by atoms with Crippen LogP contribution in [0.4, 0.5) is 10.5 Å². The minimum atomic E-state index is -0.199. The number of hydrogen-bond acceptors (Lipinski definition) is 2. The van der Waals surface area contributed by atoms with E-state index in [0.717, 1.165) is 22.6 Å². The molecule has 2 N–H and O–H groups in total. The van der Waals surface area contributed by atoms with Crippen LogP contribution in [0.15, 0.2) is 48.5 Å². The molecular weight excluding hydrogens is 240 g/mol. The van der Waals surface area contributed by atoms with Gasteiger partial charge < -0.3 is 15.4 Å². The van der Waals surface area contributed by atoms with E-state index in [9.17, 15) is 4.79 Å². The third-order valence-electron chi connectivity index (χ3n) is 3.23. The Bertz CT molecular complexity index is 611. The number of carbonyl (C=O) groups is 1. The molecule has 4 nitrogen and oxygen atoms in total. The predicted molar refractivity (Wildman–Crippen MR) is 73.4 cm³/mol. The summed E-state index contributed by atoms with van der Waals surface area (Å²) >= 11 is 0. The maximum atomic E-state index is 11.7. The first kappa shape index (κ1) is 11.6. The summed E-state index contributed by atoms with van der Waals surface area (Å²) in [4.78, 5) is 11.7. The molecule has 0 bridgehead atoms. The molecule has 0 saturated heterocycles. The summed E-state index contributed by atoms with van der Waals surface area (Å²) in [5, 5.41) is 5.74. The van der Waals surface area contributed by atoms with E-state index >= 15 is 0 Å². The molecule has 0 spiro atoms. The Labute approximate surface area is 111 Å². The number of carbonyl (C=O) groups excluding carboxylic acids is 1. The van der Waals surface area contributed by atoms with Crippen molar-refractivity contribution in [3.63, 3.8) is 0 Å². The quantitative estimate of drug-likeness (QED) is 0.865. The van der Waals surface area contributed by atoms with Gasteiger partial charge in [0.25, 0.3) is 0 Å². The smallest absolute Gasteiger partial charge is 0.320 e. The molecule has 2 aromatic carbocycles. The lowest BCUT2D eigenvalue weighted by Crippen LogP contribution is -2.38. The van der Waals surface area contributed by atoms with E-state index in [1.807, 2.05) is 48.5 Å². The third kappa shape index (κ3) is 2.12. The number of amides is 2. The van der Waals surface area contributed by atoms with Gasteiger partial charge in [0, 0.05) is 11.6 Å². The highest BCUT2D eigenvalue weighted by Gasteiger charge is 2.25. The summed E-state index contributed by atoms with van der Waals surface area (Å²) < 4.78 is 5.18. The first-order valence-corrected chi connectivity index (χ1v) is 6.08. The van der Waals surface area contributed by atoms with Gasteiger partial charge >= 0.3 is 6.03 Å². The lowest BCUT2D eigenvalue weighted by Gasteiger charge is -2.28. The molecule has 2 aromatic rings. The van der Waals surface area contributed by atoms with Gasteiger partial charge in [-0.2, -0.15) is 0 Å². The van der Waals surface area contributed by atoms with E-state index in [4.69, 9.17) is 4.74 Å². The highest BCUT2D eigenvalue weighted by atomic mass is 16.5. The number of methoxy groups -OCH3 is 1. The number of anilines is 1. The Balaban J connectivity index is 2.07. The van der Waals surface area contributed by atoms with Crippen LogP contribution in [-0.2, 0) is 0 Å². The van der Waals surface area contributed by atoms with Crippen LogP contribution in [0, 0.1) is 0 Å². The van der Waals surface area contributed by atoms with E-state index in [1.165, 1.54) is 0 Å². The molecule has 0 fully saturated rings. The fourth-order valence-corrected chi connectivity index (χ4v) is 2.30. The van der Waals surface area contributed by atoms with Crippen LogP contribution in [0.3, 0.4) is 0 Å². The molecule has 0 radical (unpaired) electrons. The maximum Gasteiger partial charge on any atom is 0.320 e. The first-order valence-electron chi connectivity index (χ1n) is 6.08. The van der Waals surface area contributed by atoms with Gasteiger partial charge in [-0.25, -0.2) is 4.79 Å². The van der Waals surface area contributed by atoms with E-state index < -0.39 is 0 Å². The van der Waals surface area contributed by atoms with Crippen molar-refractivity contribution in [3.8, 4) is 5.75 Å². The molecule has 1 aliphatic heterocycles. The maximum absolute atomic E-state index is 11.7. The first-order chi connectivity index (χ1) is 9.28. The minimum absolute atomic E-state index is 0.129. The zero-order valence-corrected chi connectivity index (χ0v) is 10.5. The lowest BCUT2D eigenvalue weighted by molar-refractivity contribution is 0.249. The second-order valence-electron chi connectivity index (χ2n) is 4.40. The van der Waals surface area contributed by atoms with Crippen molar-refractivity contribution in [2.45, 2.75) is 6.04 Å². The highest BCUT2D eigenvalue weighted by Crippen LogP contribution is 2.33. The molecule has 96 valence electrons. The molecule has 0 saturated carbocycles. The minimum Gasteiger partial charge on any atom is -0.497 e. The molecule has 1 aliphatic rings. The summed E-state index contributed by atoms with van der Waals surface area (Å²) in [6, 6.07) is 15.3. The second-order valence-corrected chi connectivity index (χ2v) is 4.40. The van der Waals surface area contributed by atoms with Crippen molar-refractivity contribution in [2.75, 3.05) is 12.4 Å². The number of rotatable bonds is 2. The van der Waals surface area contributed by atoms with E-state index in [2.05, 4.69) is 10.6 Å². The van der Waals surface area contributed by atoms with Crippen molar-refractivity contribution in [2.24, 2.45) is 0 Å². The van der Waals surface area contributed by atoms with Crippen LogP contribution < -0.4 is 15.4 Å². The summed E-state index contributed by atoms with van der Waals surface area (Å²) in [5.41, 5.74) is 2.88. The summed E-state index contributed by atoms with van der Waals surface area (Å²) in [7, 11) is 1.61. The number of fused-ring (bicyclic) bond motifs is 1. The molecule has 0 aliphatic carbocycles. The average molecular weight is 254 g/mol. The third-order valence-corrected chi connectivity index (χ3v) is 3.23. The molecule has 1 heterocycles. The van der Waals surface area contributed by atoms with Crippen LogP contribution in [0.25, 0.3) is 0 Å². The Morgan fingerprint density at radius 2 is 1.89 bits per heavy atom. The van der Waals surface area contributed by atoms with Gasteiger partial charge in [0.2, 0.25) is 0 Å². The molecule has 19 heavy (non-hydrogen) atoms. The van der Waals surface area contributed by atoms with Crippen molar-refractivity contribution >= 4 is 11.7 Å². The SMILES string of the molecule is COc1ccc2c(c1)NC(=O)NC2c1ccccc1. The normalized spacial score (nSPS) is 17.1. The van der Waals surface area contributed by atoms with Crippen molar-refractivity contribution in [1.82, 2.24) is 5.32 Å². The fraction of sp³-hybridized carbons (Fsp3) is 0.133. The Morgan fingerprint density at radius 1 is 1.11 bits per heavy atom. The summed E-state index contributed by atoms with van der Waals surface area (Å²) in [5.74, 6) is 0.729. The van der Waals surface area contributed by atoms with Crippen molar-refractivity contribution in [3.05, 3.63) is 59.7 Å². The van der Waals surface area contributed by atoms with Gasteiger partial charge in [-0.05, 0) is 11.6 Å².